The summed E-state index contributed by atoms with van der Waals surface area (Å²) in [5.41, 5.74) is 8.12. The lowest BCUT2D eigenvalue weighted by molar-refractivity contribution is 0.569. The third-order valence-corrected chi connectivity index (χ3v) is 2.70. The average Bonchev–Trinajstić information content (AvgIpc) is 2.70. The molecule has 1 heterocycles. The molecular formula is C16H19NO. The van der Waals surface area contributed by atoms with E-state index < -0.39 is 0 Å². The Bertz CT molecular complexity index is 593. The smallest absolute Gasteiger partial charge is 0.134 e. The summed E-state index contributed by atoms with van der Waals surface area (Å²) < 4.78 is 5.49. The van der Waals surface area contributed by atoms with Crippen LogP contribution in [-0.4, -0.2) is 0 Å². The molecule has 1 aromatic carbocycles. The van der Waals surface area contributed by atoms with Gasteiger partial charge in [0.25, 0.3) is 0 Å². The van der Waals surface area contributed by atoms with Gasteiger partial charge in [0, 0.05) is 28.8 Å². The highest BCUT2D eigenvalue weighted by Gasteiger charge is 2.12. The SMILES string of the molecule is CC(C)(C)C#CCC(N)c1coc2ccccc12. The van der Waals surface area contributed by atoms with Crippen molar-refractivity contribution in [3.05, 3.63) is 36.1 Å². The summed E-state index contributed by atoms with van der Waals surface area (Å²) in [6.07, 6.45) is 2.40. The predicted molar refractivity (Wildman–Crippen MR) is 75.0 cm³/mol. The van der Waals surface area contributed by atoms with Gasteiger partial charge in [-0.05, 0) is 26.8 Å². The van der Waals surface area contributed by atoms with Crippen molar-refractivity contribution in [3.63, 3.8) is 0 Å². The minimum absolute atomic E-state index is 0.0260. The number of rotatable bonds is 2. The Labute approximate surface area is 108 Å². The Kier molecular flexibility index (Phi) is 3.45. The summed E-state index contributed by atoms with van der Waals surface area (Å²) in [4.78, 5) is 0. The molecule has 1 unspecified atom stereocenters. The second-order valence-electron chi connectivity index (χ2n) is 5.55. The van der Waals surface area contributed by atoms with Crippen LogP contribution in [0.3, 0.4) is 0 Å². The summed E-state index contributed by atoms with van der Waals surface area (Å²) in [5, 5.41) is 1.09. The van der Waals surface area contributed by atoms with Crippen molar-refractivity contribution < 1.29 is 4.42 Å². The minimum atomic E-state index is -0.0940. The van der Waals surface area contributed by atoms with Crippen molar-refractivity contribution in [2.24, 2.45) is 11.1 Å². The van der Waals surface area contributed by atoms with Gasteiger partial charge in [0.2, 0.25) is 0 Å². The first-order valence-corrected chi connectivity index (χ1v) is 6.19. The summed E-state index contributed by atoms with van der Waals surface area (Å²) in [6.45, 7) is 6.29. The van der Waals surface area contributed by atoms with Crippen molar-refractivity contribution in [2.45, 2.75) is 33.2 Å². The van der Waals surface area contributed by atoms with E-state index in [2.05, 4.69) is 32.6 Å². The number of nitrogens with two attached hydrogens (primary N) is 1. The van der Waals surface area contributed by atoms with Crippen LogP contribution in [0.1, 0.15) is 38.8 Å². The van der Waals surface area contributed by atoms with Gasteiger partial charge in [0.1, 0.15) is 5.58 Å². The lowest BCUT2D eigenvalue weighted by Crippen LogP contribution is -2.09. The number of para-hydroxylation sites is 1. The Morgan fingerprint density at radius 2 is 2.00 bits per heavy atom. The van der Waals surface area contributed by atoms with E-state index in [-0.39, 0.29) is 11.5 Å². The fourth-order valence-corrected chi connectivity index (χ4v) is 1.82. The topological polar surface area (TPSA) is 39.2 Å². The van der Waals surface area contributed by atoms with Crippen molar-refractivity contribution >= 4 is 11.0 Å². The van der Waals surface area contributed by atoms with Crippen molar-refractivity contribution in [1.29, 1.82) is 0 Å². The van der Waals surface area contributed by atoms with Crippen LogP contribution in [0, 0.1) is 17.3 Å². The summed E-state index contributed by atoms with van der Waals surface area (Å²) >= 11 is 0. The largest absolute Gasteiger partial charge is 0.464 e. The van der Waals surface area contributed by atoms with Crippen LogP contribution in [0.5, 0.6) is 0 Å². The lowest BCUT2D eigenvalue weighted by atomic mass is 9.97. The van der Waals surface area contributed by atoms with Gasteiger partial charge in [-0.3, -0.25) is 0 Å². The van der Waals surface area contributed by atoms with E-state index in [0.717, 1.165) is 16.5 Å². The van der Waals surface area contributed by atoms with Crippen molar-refractivity contribution in [2.75, 3.05) is 0 Å². The zero-order valence-corrected chi connectivity index (χ0v) is 11.2. The molecule has 0 saturated carbocycles. The maximum absolute atomic E-state index is 6.17. The molecule has 2 heteroatoms. The number of fused-ring (bicyclic) bond motifs is 1. The van der Waals surface area contributed by atoms with E-state index >= 15 is 0 Å². The van der Waals surface area contributed by atoms with Crippen LogP contribution in [-0.2, 0) is 0 Å². The Hall–Kier alpha value is -1.72. The molecule has 0 radical (unpaired) electrons. The number of hydrogen-bond acceptors (Lipinski definition) is 2. The standard InChI is InChI=1S/C16H19NO/c1-16(2,3)10-6-8-14(17)13-11-18-15-9-5-4-7-12(13)15/h4-5,7,9,11,14H,8,17H2,1-3H3. The van der Waals surface area contributed by atoms with E-state index in [1.165, 1.54) is 0 Å². The first-order chi connectivity index (χ1) is 8.47. The summed E-state index contributed by atoms with van der Waals surface area (Å²) in [7, 11) is 0. The first kappa shape index (κ1) is 12.7. The number of benzene rings is 1. The van der Waals surface area contributed by atoms with E-state index in [0.29, 0.717) is 6.42 Å². The molecule has 2 aromatic rings. The van der Waals surface area contributed by atoms with Gasteiger partial charge in [0.15, 0.2) is 0 Å². The van der Waals surface area contributed by atoms with Gasteiger partial charge in [-0.2, -0.15) is 0 Å². The van der Waals surface area contributed by atoms with Gasteiger partial charge >= 0.3 is 0 Å². The van der Waals surface area contributed by atoms with E-state index in [1.807, 2.05) is 24.3 Å². The van der Waals surface area contributed by atoms with Crippen LogP contribution in [0.2, 0.25) is 0 Å². The highest BCUT2D eigenvalue weighted by atomic mass is 16.3. The fourth-order valence-electron chi connectivity index (χ4n) is 1.82. The quantitative estimate of drug-likeness (QED) is 0.810. The maximum atomic E-state index is 6.17. The molecule has 1 atom stereocenters. The molecule has 0 spiro atoms. The molecule has 2 rings (SSSR count). The predicted octanol–water partition coefficient (Wildman–Crippen LogP) is 3.87. The normalized spacial score (nSPS) is 13.1. The molecule has 94 valence electrons. The fraction of sp³-hybridized carbons (Fsp3) is 0.375. The van der Waals surface area contributed by atoms with Crippen LogP contribution >= 0.6 is 0 Å². The number of hydrogen-bond donors (Lipinski definition) is 1. The molecule has 0 aliphatic heterocycles. The molecular weight excluding hydrogens is 222 g/mol. The monoisotopic (exact) mass is 241 g/mol. The Morgan fingerprint density at radius 1 is 1.28 bits per heavy atom. The first-order valence-electron chi connectivity index (χ1n) is 6.19. The van der Waals surface area contributed by atoms with Gasteiger partial charge < -0.3 is 10.2 Å². The zero-order valence-electron chi connectivity index (χ0n) is 11.2. The van der Waals surface area contributed by atoms with Gasteiger partial charge in [0.05, 0.1) is 6.26 Å². The Morgan fingerprint density at radius 3 is 2.72 bits per heavy atom. The minimum Gasteiger partial charge on any atom is -0.464 e. The molecule has 2 nitrogen and oxygen atoms in total. The Balaban J connectivity index is 2.18. The highest BCUT2D eigenvalue weighted by Crippen LogP contribution is 2.26. The third-order valence-electron chi connectivity index (χ3n) is 2.70. The number of furan rings is 1. The molecule has 0 saturated heterocycles. The molecule has 0 bridgehead atoms. The van der Waals surface area contributed by atoms with Crippen LogP contribution in [0.15, 0.2) is 34.9 Å². The van der Waals surface area contributed by atoms with Crippen LogP contribution in [0.4, 0.5) is 0 Å². The lowest BCUT2D eigenvalue weighted by Gasteiger charge is -2.09. The maximum Gasteiger partial charge on any atom is 0.134 e. The summed E-state index contributed by atoms with van der Waals surface area (Å²) in [6, 6.07) is 7.84. The molecule has 2 N–H and O–H groups in total. The van der Waals surface area contributed by atoms with Gasteiger partial charge in [-0.1, -0.05) is 24.1 Å². The van der Waals surface area contributed by atoms with E-state index in [9.17, 15) is 0 Å². The molecule has 0 fully saturated rings. The van der Waals surface area contributed by atoms with Crippen LogP contribution in [0.25, 0.3) is 11.0 Å². The average molecular weight is 241 g/mol. The summed E-state index contributed by atoms with van der Waals surface area (Å²) in [5.74, 6) is 6.36. The molecule has 0 aliphatic rings. The second kappa shape index (κ2) is 4.88. The van der Waals surface area contributed by atoms with Gasteiger partial charge in [-0.25, -0.2) is 0 Å². The third kappa shape index (κ3) is 2.94. The molecule has 0 amide bonds. The molecule has 0 aliphatic carbocycles. The van der Waals surface area contributed by atoms with Gasteiger partial charge in [-0.15, -0.1) is 5.92 Å². The van der Waals surface area contributed by atoms with E-state index in [1.54, 1.807) is 6.26 Å². The van der Waals surface area contributed by atoms with Crippen molar-refractivity contribution in [3.8, 4) is 11.8 Å². The highest BCUT2D eigenvalue weighted by molar-refractivity contribution is 5.81. The van der Waals surface area contributed by atoms with Crippen LogP contribution < -0.4 is 5.73 Å². The zero-order chi connectivity index (χ0) is 13.2. The van der Waals surface area contributed by atoms with E-state index in [4.69, 9.17) is 10.2 Å². The molecule has 18 heavy (non-hydrogen) atoms. The molecule has 1 aromatic heterocycles. The second-order valence-corrected chi connectivity index (χ2v) is 5.55. The van der Waals surface area contributed by atoms with Crippen molar-refractivity contribution in [1.82, 2.24) is 0 Å².